The van der Waals surface area contributed by atoms with E-state index in [1.165, 1.54) is 0 Å². The molecule has 6 nitrogen and oxygen atoms in total. The highest BCUT2D eigenvalue weighted by atomic mass is 16.5. The van der Waals surface area contributed by atoms with Gasteiger partial charge in [0, 0.05) is 26.1 Å². The molecule has 0 aliphatic heterocycles. The van der Waals surface area contributed by atoms with E-state index in [2.05, 4.69) is 15.6 Å². The van der Waals surface area contributed by atoms with Crippen molar-refractivity contribution in [2.75, 3.05) is 33.4 Å². The van der Waals surface area contributed by atoms with Gasteiger partial charge in [-0.25, -0.2) is 0 Å². The van der Waals surface area contributed by atoms with Crippen LogP contribution in [-0.2, 0) is 9.53 Å². The zero-order valence-corrected chi connectivity index (χ0v) is 10.2. The zero-order valence-electron chi connectivity index (χ0n) is 10.2. The summed E-state index contributed by atoms with van der Waals surface area (Å²) in [5, 5.41) is 5.66. The molecule has 0 bridgehead atoms. The van der Waals surface area contributed by atoms with Crippen LogP contribution < -0.4 is 16.4 Å². The topological polar surface area (TPSA) is 88.7 Å². The molecule has 0 fully saturated rings. The van der Waals surface area contributed by atoms with Gasteiger partial charge in [-0.3, -0.25) is 9.79 Å². The van der Waals surface area contributed by atoms with E-state index < -0.39 is 0 Å². The van der Waals surface area contributed by atoms with E-state index in [9.17, 15) is 4.79 Å². The molecule has 0 saturated heterocycles. The van der Waals surface area contributed by atoms with Gasteiger partial charge in [-0.05, 0) is 0 Å². The van der Waals surface area contributed by atoms with Gasteiger partial charge >= 0.3 is 0 Å². The first-order valence-corrected chi connectivity index (χ1v) is 5.38. The Morgan fingerprint density at radius 3 is 2.56 bits per heavy atom. The van der Waals surface area contributed by atoms with Gasteiger partial charge in [0.15, 0.2) is 5.96 Å². The lowest BCUT2D eigenvalue weighted by molar-refractivity contribution is -0.123. The van der Waals surface area contributed by atoms with Crippen molar-refractivity contribution in [1.82, 2.24) is 10.6 Å². The number of nitrogens with one attached hydrogen (secondary N) is 2. The van der Waals surface area contributed by atoms with Crippen LogP contribution in [0, 0.1) is 5.92 Å². The van der Waals surface area contributed by atoms with Gasteiger partial charge in [-0.1, -0.05) is 13.8 Å². The third-order valence-electron chi connectivity index (χ3n) is 1.83. The van der Waals surface area contributed by atoms with Crippen LogP contribution in [0.1, 0.15) is 13.8 Å². The van der Waals surface area contributed by atoms with Crippen LogP contribution in [0.25, 0.3) is 0 Å². The zero-order chi connectivity index (χ0) is 12.4. The van der Waals surface area contributed by atoms with E-state index in [4.69, 9.17) is 10.5 Å². The maximum Gasteiger partial charge on any atom is 0.222 e. The fourth-order valence-electron chi connectivity index (χ4n) is 0.894. The highest BCUT2D eigenvalue weighted by Crippen LogP contribution is 1.88. The molecule has 16 heavy (non-hydrogen) atoms. The Balaban J connectivity index is 3.51. The van der Waals surface area contributed by atoms with Crippen molar-refractivity contribution in [2.45, 2.75) is 13.8 Å². The lowest BCUT2D eigenvalue weighted by atomic mass is 10.2. The molecular weight excluding hydrogens is 208 g/mol. The number of guanidine groups is 1. The summed E-state index contributed by atoms with van der Waals surface area (Å²) in [5.41, 5.74) is 5.56. The smallest absolute Gasteiger partial charge is 0.222 e. The van der Waals surface area contributed by atoms with E-state index in [0.717, 1.165) is 0 Å². The number of carbonyl (C=O) groups excluding carboxylic acids is 1. The standard InChI is InChI=1S/C10H22N4O2/c1-8(2)9(15)12-4-5-13-10(11)14-6-7-16-3/h8H,4-7H2,1-3H3,(H,12,15)(H3,11,13,14). The first-order chi connectivity index (χ1) is 7.57. The number of hydrogen-bond donors (Lipinski definition) is 3. The second-order valence-electron chi connectivity index (χ2n) is 3.63. The van der Waals surface area contributed by atoms with Crippen LogP contribution >= 0.6 is 0 Å². The van der Waals surface area contributed by atoms with Crippen molar-refractivity contribution < 1.29 is 9.53 Å². The molecule has 0 atom stereocenters. The number of nitrogens with two attached hydrogens (primary N) is 1. The molecule has 6 heteroatoms. The second-order valence-corrected chi connectivity index (χ2v) is 3.63. The van der Waals surface area contributed by atoms with E-state index in [1.54, 1.807) is 7.11 Å². The largest absolute Gasteiger partial charge is 0.383 e. The molecule has 0 rings (SSSR count). The number of aliphatic imine (C=N–C) groups is 1. The molecule has 0 radical (unpaired) electrons. The molecule has 0 saturated carbocycles. The SMILES string of the molecule is COCCN=C(N)NCCNC(=O)C(C)C. The maximum absolute atomic E-state index is 11.2. The molecule has 0 aliphatic carbocycles. The summed E-state index contributed by atoms with van der Waals surface area (Å²) >= 11 is 0. The highest BCUT2D eigenvalue weighted by molar-refractivity contribution is 5.78. The third kappa shape index (κ3) is 8.05. The van der Waals surface area contributed by atoms with Crippen molar-refractivity contribution in [3.05, 3.63) is 0 Å². The summed E-state index contributed by atoms with van der Waals surface area (Å²) in [6.07, 6.45) is 0. The maximum atomic E-state index is 11.2. The fraction of sp³-hybridized carbons (Fsp3) is 0.800. The van der Waals surface area contributed by atoms with Gasteiger partial charge in [0.05, 0.1) is 13.2 Å². The van der Waals surface area contributed by atoms with E-state index >= 15 is 0 Å². The van der Waals surface area contributed by atoms with Crippen molar-refractivity contribution in [1.29, 1.82) is 0 Å². The number of amides is 1. The molecule has 4 N–H and O–H groups in total. The highest BCUT2D eigenvalue weighted by Gasteiger charge is 2.04. The quantitative estimate of drug-likeness (QED) is 0.307. The number of ether oxygens (including phenoxy) is 1. The van der Waals surface area contributed by atoms with Crippen LogP contribution in [-0.4, -0.2) is 45.2 Å². The Morgan fingerprint density at radius 2 is 2.00 bits per heavy atom. The fourth-order valence-corrected chi connectivity index (χ4v) is 0.894. The first-order valence-electron chi connectivity index (χ1n) is 5.38. The van der Waals surface area contributed by atoms with Gasteiger partial charge < -0.3 is 21.1 Å². The minimum absolute atomic E-state index is 0.00715. The normalized spacial score (nSPS) is 11.6. The average molecular weight is 230 g/mol. The van der Waals surface area contributed by atoms with E-state index in [0.29, 0.717) is 32.2 Å². The Morgan fingerprint density at radius 1 is 1.38 bits per heavy atom. The van der Waals surface area contributed by atoms with E-state index in [-0.39, 0.29) is 11.8 Å². The first kappa shape index (κ1) is 14.7. The van der Waals surface area contributed by atoms with Crippen molar-refractivity contribution in [3.8, 4) is 0 Å². The molecular formula is C10H22N4O2. The lowest BCUT2D eigenvalue weighted by Gasteiger charge is -2.08. The number of rotatable bonds is 7. The molecule has 1 amide bonds. The predicted molar refractivity (Wildman–Crippen MR) is 64.2 cm³/mol. The average Bonchev–Trinajstić information content (AvgIpc) is 2.24. The second kappa shape index (κ2) is 8.96. The minimum Gasteiger partial charge on any atom is -0.383 e. The predicted octanol–water partition coefficient (Wildman–Crippen LogP) is -0.691. The minimum atomic E-state index is 0.00715. The lowest BCUT2D eigenvalue weighted by Crippen LogP contribution is -2.39. The third-order valence-corrected chi connectivity index (χ3v) is 1.83. The van der Waals surface area contributed by atoms with E-state index in [1.807, 2.05) is 13.8 Å². The van der Waals surface area contributed by atoms with Crippen LogP contribution in [0.15, 0.2) is 4.99 Å². The van der Waals surface area contributed by atoms with Crippen LogP contribution in [0.4, 0.5) is 0 Å². The van der Waals surface area contributed by atoms with Crippen molar-refractivity contribution in [2.24, 2.45) is 16.6 Å². The molecule has 0 aliphatic rings. The number of hydrogen-bond acceptors (Lipinski definition) is 3. The van der Waals surface area contributed by atoms with Crippen LogP contribution in [0.5, 0.6) is 0 Å². The van der Waals surface area contributed by atoms with Gasteiger partial charge in [0.2, 0.25) is 5.91 Å². The Hall–Kier alpha value is -1.30. The van der Waals surface area contributed by atoms with Crippen molar-refractivity contribution in [3.63, 3.8) is 0 Å². The summed E-state index contributed by atoms with van der Waals surface area (Å²) in [7, 11) is 1.61. The number of nitrogens with zero attached hydrogens (tertiary/aromatic N) is 1. The molecule has 0 aromatic carbocycles. The summed E-state index contributed by atoms with van der Waals surface area (Å²) in [6, 6.07) is 0. The molecule has 94 valence electrons. The van der Waals surface area contributed by atoms with Gasteiger partial charge in [-0.15, -0.1) is 0 Å². The summed E-state index contributed by atoms with van der Waals surface area (Å²) in [5.74, 6) is 0.417. The summed E-state index contributed by atoms with van der Waals surface area (Å²) in [4.78, 5) is 15.2. The van der Waals surface area contributed by atoms with Gasteiger partial charge in [0.1, 0.15) is 0 Å². The molecule has 0 aromatic rings. The number of carbonyl (C=O) groups is 1. The summed E-state index contributed by atoms with van der Waals surface area (Å²) < 4.78 is 4.83. The van der Waals surface area contributed by atoms with Crippen LogP contribution in [0.3, 0.4) is 0 Å². The van der Waals surface area contributed by atoms with Gasteiger partial charge in [-0.2, -0.15) is 0 Å². The van der Waals surface area contributed by atoms with Crippen LogP contribution in [0.2, 0.25) is 0 Å². The molecule has 0 spiro atoms. The number of methoxy groups -OCH3 is 1. The Bertz CT molecular complexity index is 229. The van der Waals surface area contributed by atoms with Gasteiger partial charge in [0.25, 0.3) is 0 Å². The Kier molecular flexibility index (Phi) is 8.24. The molecule has 0 unspecified atom stereocenters. The van der Waals surface area contributed by atoms with Crippen molar-refractivity contribution >= 4 is 11.9 Å². The monoisotopic (exact) mass is 230 g/mol. The molecule has 0 aromatic heterocycles. The molecule has 0 heterocycles. The summed E-state index contributed by atoms with van der Waals surface area (Å²) in [6.45, 7) is 5.89. The Labute approximate surface area is 96.6 Å².